The predicted octanol–water partition coefficient (Wildman–Crippen LogP) is 3.72. The first kappa shape index (κ1) is 19.7. The van der Waals surface area contributed by atoms with Crippen LogP contribution in [0.15, 0.2) is 12.1 Å². The van der Waals surface area contributed by atoms with Gasteiger partial charge in [-0.2, -0.15) is 0 Å². The first-order chi connectivity index (χ1) is 10.6. The summed E-state index contributed by atoms with van der Waals surface area (Å²) in [6.07, 6.45) is 0. The Morgan fingerprint density at radius 1 is 1.39 bits per heavy atom. The molecule has 8 nitrogen and oxygen atoms in total. The Morgan fingerprint density at radius 2 is 2.00 bits per heavy atom. The van der Waals surface area contributed by atoms with Crippen LogP contribution in [0, 0.1) is 10.1 Å². The minimum absolute atomic E-state index is 0.0143. The Labute approximate surface area is 142 Å². The van der Waals surface area contributed by atoms with Gasteiger partial charge < -0.3 is 14.0 Å². The fourth-order valence-corrected chi connectivity index (χ4v) is 2.75. The van der Waals surface area contributed by atoms with Gasteiger partial charge in [-0.25, -0.2) is 4.79 Å². The van der Waals surface area contributed by atoms with Crippen LogP contribution in [0.25, 0.3) is 0 Å². The van der Waals surface area contributed by atoms with E-state index in [-0.39, 0.29) is 15.8 Å². The van der Waals surface area contributed by atoms with E-state index in [0.717, 1.165) is 12.1 Å². The molecule has 0 spiro atoms. The molecular weight excluding hydrogens is 372 g/mol. The summed E-state index contributed by atoms with van der Waals surface area (Å²) in [5.41, 5.74) is -0.403. The first-order valence-electron chi connectivity index (χ1n) is 6.17. The van der Waals surface area contributed by atoms with E-state index in [2.05, 4.69) is 4.74 Å². The predicted molar refractivity (Wildman–Crippen MR) is 84.7 cm³/mol. The third-order valence-electron chi connectivity index (χ3n) is 2.82. The van der Waals surface area contributed by atoms with Crippen molar-refractivity contribution in [3.05, 3.63) is 32.3 Å². The van der Waals surface area contributed by atoms with Gasteiger partial charge in [-0.05, 0) is 13.0 Å². The smallest absolute Gasteiger partial charge is 0.332 e. The number of nitro benzene ring substituents is 1. The molecule has 0 radical (unpaired) electrons. The molecule has 0 bridgehead atoms. The second kappa shape index (κ2) is 7.97. The van der Waals surface area contributed by atoms with Gasteiger partial charge >= 0.3 is 5.97 Å². The molecule has 0 aliphatic rings. The molecule has 0 amide bonds. The van der Waals surface area contributed by atoms with E-state index < -0.39 is 36.4 Å². The maximum Gasteiger partial charge on any atom is 0.332 e. The SMILES string of the molecule is COC(=O)COP(C)(=O)C(C)Oc1cc([N+](=O)[O-])c(Cl)cc1Cl. The molecule has 2 atom stereocenters. The minimum atomic E-state index is -3.37. The summed E-state index contributed by atoms with van der Waals surface area (Å²) in [6, 6.07) is 2.18. The standard InChI is InChI=1S/C12H14Cl2NO7P/c1-7(23(3,19)21-6-12(16)20-2)22-11-5-10(15(17)18)8(13)4-9(11)14/h4-5,7H,6H2,1-3H3. The van der Waals surface area contributed by atoms with Gasteiger partial charge in [0, 0.05) is 6.66 Å². The molecule has 1 rings (SSSR count). The highest BCUT2D eigenvalue weighted by Gasteiger charge is 2.30. The van der Waals surface area contributed by atoms with Gasteiger partial charge in [0.05, 0.1) is 23.1 Å². The number of hydrogen-bond acceptors (Lipinski definition) is 7. The highest BCUT2D eigenvalue weighted by atomic mass is 35.5. The molecular formula is C12H14Cl2NO7P. The van der Waals surface area contributed by atoms with Crippen LogP contribution < -0.4 is 4.74 Å². The molecule has 0 saturated carbocycles. The van der Waals surface area contributed by atoms with Gasteiger partial charge in [0.2, 0.25) is 7.37 Å². The average Bonchev–Trinajstić information content (AvgIpc) is 2.46. The number of methoxy groups -OCH3 is 1. The zero-order valence-corrected chi connectivity index (χ0v) is 14.9. The number of nitro groups is 1. The van der Waals surface area contributed by atoms with Crippen LogP contribution in [0.5, 0.6) is 5.75 Å². The van der Waals surface area contributed by atoms with Crippen molar-refractivity contribution in [3.63, 3.8) is 0 Å². The number of benzene rings is 1. The van der Waals surface area contributed by atoms with E-state index in [4.69, 9.17) is 32.5 Å². The number of esters is 1. The number of hydrogen-bond donors (Lipinski definition) is 0. The van der Waals surface area contributed by atoms with Gasteiger partial charge in [0.1, 0.15) is 10.8 Å². The average molecular weight is 386 g/mol. The number of nitrogens with zero attached hydrogens (tertiary/aromatic N) is 1. The van der Waals surface area contributed by atoms with Crippen LogP contribution in [-0.2, 0) is 18.6 Å². The van der Waals surface area contributed by atoms with Crippen LogP contribution in [-0.4, -0.2) is 37.1 Å². The number of ether oxygens (including phenoxy) is 2. The lowest BCUT2D eigenvalue weighted by atomic mass is 10.3. The van der Waals surface area contributed by atoms with E-state index in [1.54, 1.807) is 0 Å². The van der Waals surface area contributed by atoms with Crippen LogP contribution in [0.2, 0.25) is 10.0 Å². The van der Waals surface area contributed by atoms with Crippen LogP contribution >= 0.6 is 30.6 Å². The van der Waals surface area contributed by atoms with Crippen molar-refractivity contribution in [2.45, 2.75) is 12.8 Å². The maximum atomic E-state index is 12.4. The summed E-state index contributed by atoms with van der Waals surface area (Å²) in [5.74, 6) is -1.77. The second-order valence-electron chi connectivity index (χ2n) is 4.47. The summed E-state index contributed by atoms with van der Waals surface area (Å²) in [6.45, 7) is 2.18. The highest BCUT2D eigenvalue weighted by molar-refractivity contribution is 7.58. The third kappa shape index (κ3) is 5.35. The molecule has 128 valence electrons. The zero-order valence-electron chi connectivity index (χ0n) is 12.4. The summed E-state index contributed by atoms with van der Waals surface area (Å²) in [4.78, 5) is 21.2. The first-order valence-corrected chi connectivity index (χ1v) is 9.06. The molecule has 11 heteroatoms. The Bertz CT molecular complexity index is 667. The van der Waals surface area contributed by atoms with Gasteiger partial charge in [0.25, 0.3) is 5.69 Å². The normalized spacial score (nSPS) is 14.7. The Hall–Kier alpha value is -1.34. The molecule has 23 heavy (non-hydrogen) atoms. The largest absolute Gasteiger partial charge is 0.479 e. The fraction of sp³-hybridized carbons (Fsp3) is 0.417. The Morgan fingerprint density at radius 3 is 2.52 bits per heavy atom. The van der Waals surface area contributed by atoms with Gasteiger partial charge in [0.15, 0.2) is 12.5 Å². The summed E-state index contributed by atoms with van der Waals surface area (Å²) in [7, 11) is -2.21. The second-order valence-corrected chi connectivity index (χ2v) is 8.08. The number of halogens is 2. The van der Waals surface area contributed by atoms with Crippen molar-refractivity contribution in [2.24, 2.45) is 0 Å². The van der Waals surface area contributed by atoms with Crippen molar-refractivity contribution >= 4 is 42.2 Å². The quantitative estimate of drug-likeness (QED) is 0.304. The van der Waals surface area contributed by atoms with Gasteiger partial charge in [-0.1, -0.05) is 23.2 Å². The van der Waals surface area contributed by atoms with E-state index in [9.17, 15) is 19.5 Å². The lowest BCUT2D eigenvalue weighted by Gasteiger charge is -2.22. The molecule has 0 aliphatic heterocycles. The highest BCUT2D eigenvalue weighted by Crippen LogP contribution is 2.49. The van der Waals surface area contributed by atoms with E-state index in [1.807, 2.05) is 0 Å². The Kier molecular flexibility index (Phi) is 6.83. The molecule has 1 aromatic rings. The molecule has 2 unspecified atom stereocenters. The van der Waals surface area contributed by atoms with E-state index in [1.165, 1.54) is 20.7 Å². The van der Waals surface area contributed by atoms with Crippen molar-refractivity contribution < 1.29 is 28.3 Å². The number of carbonyl (C=O) groups is 1. The van der Waals surface area contributed by atoms with E-state index >= 15 is 0 Å². The van der Waals surface area contributed by atoms with Crippen LogP contribution in [0.4, 0.5) is 5.69 Å². The summed E-state index contributed by atoms with van der Waals surface area (Å²) >= 11 is 11.6. The molecule has 1 aromatic carbocycles. The van der Waals surface area contributed by atoms with Gasteiger partial charge in [-0.15, -0.1) is 0 Å². The van der Waals surface area contributed by atoms with Crippen molar-refractivity contribution in [2.75, 3.05) is 20.4 Å². The molecule has 0 N–H and O–H groups in total. The number of rotatable bonds is 7. The molecule has 0 saturated heterocycles. The van der Waals surface area contributed by atoms with Gasteiger partial charge in [-0.3, -0.25) is 14.7 Å². The molecule has 0 aliphatic carbocycles. The summed E-state index contributed by atoms with van der Waals surface area (Å²) < 4.78 is 27.2. The fourth-order valence-electron chi connectivity index (χ4n) is 1.37. The maximum absolute atomic E-state index is 12.4. The Balaban J connectivity index is 2.94. The lowest BCUT2D eigenvalue weighted by Crippen LogP contribution is -2.17. The topological polar surface area (TPSA) is 105 Å². The van der Waals surface area contributed by atoms with Crippen molar-refractivity contribution in [1.82, 2.24) is 0 Å². The van der Waals surface area contributed by atoms with Crippen LogP contribution in [0.1, 0.15) is 6.92 Å². The van der Waals surface area contributed by atoms with Crippen molar-refractivity contribution in [3.8, 4) is 5.75 Å². The minimum Gasteiger partial charge on any atom is -0.479 e. The summed E-state index contributed by atoms with van der Waals surface area (Å²) in [5, 5.41) is 10.7. The van der Waals surface area contributed by atoms with Crippen LogP contribution in [0.3, 0.4) is 0 Å². The van der Waals surface area contributed by atoms with Crippen molar-refractivity contribution in [1.29, 1.82) is 0 Å². The monoisotopic (exact) mass is 385 g/mol. The van der Waals surface area contributed by atoms with E-state index in [0.29, 0.717) is 0 Å². The zero-order chi connectivity index (χ0) is 17.8. The number of carbonyl (C=O) groups excluding carboxylic acids is 1. The molecule has 0 aromatic heterocycles. The molecule has 0 fully saturated rings. The third-order valence-corrected chi connectivity index (χ3v) is 5.49. The molecule has 0 heterocycles. The lowest BCUT2D eigenvalue weighted by molar-refractivity contribution is -0.384.